The number of rotatable bonds is 6. The third-order valence-electron chi connectivity index (χ3n) is 1.39. The van der Waals surface area contributed by atoms with Crippen molar-refractivity contribution in [1.82, 2.24) is 0 Å². The molecule has 0 atom stereocenters. The second-order valence-corrected chi connectivity index (χ2v) is 4.74. The topological polar surface area (TPSA) is 36.9 Å². The van der Waals surface area contributed by atoms with Gasteiger partial charge in [-0.1, -0.05) is 0 Å². The Morgan fingerprint density at radius 1 is 1.08 bits per heavy atom. The smallest absolute Gasteiger partial charge is 0.502 e. The van der Waals surface area contributed by atoms with Crippen molar-refractivity contribution in [2.75, 3.05) is 27.9 Å². The maximum atomic E-state index is 5.11. The molecule has 0 radical (unpaired) electrons. The summed E-state index contributed by atoms with van der Waals surface area (Å²) in [6.45, 7) is 2.53. The average molecular weight is 192 g/mol. The number of ether oxygens (including phenoxy) is 1. The molecule has 0 aromatic rings. The zero-order valence-electron chi connectivity index (χ0n) is 7.99. The Morgan fingerprint density at radius 2 is 1.58 bits per heavy atom. The van der Waals surface area contributed by atoms with E-state index < -0.39 is 8.80 Å². The molecule has 12 heavy (non-hydrogen) atoms. The predicted molar refractivity (Wildman–Crippen MR) is 47.5 cm³/mol. The van der Waals surface area contributed by atoms with Crippen molar-refractivity contribution in [3.8, 4) is 0 Å². The molecule has 0 unspecified atom stereocenters. The fraction of sp³-hybridized carbons (Fsp3) is 0.714. The summed E-state index contributed by atoms with van der Waals surface area (Å²) in [4.78, 5) is 0. The Bertz CT molecular complexity index is 125. The summed E-state index contributed by atoms with van der Waals surface area (Å²) in [5.41, 5.74) is 1.69. The molecule has 0 N–H and O–H groups in total. The minimum atomic E-state index is -2.56. The predicted octanol–water partition coefficient (Wildman–Crippen LogP) is 0.954. The quantitative estimate of drug-likeness (QED) is 0.464. The van der Waals surface area contributed by atoms with Crippen LogP contribution >= 0.6 is 0 Å². The van der Waals surface area contributed by atoms with Gasteiger partial charge in [-0.15, -0.1) is 0 Å². The van der Waals surface area contributed by atoms with Crippen molar-refractivity contribution in [2.45, 2.75) is 6.92 Å². The van der Waals surface area contributed by atoms with Crippen LogP contribution in [0.5, 0.6) is 0 Å². The standard InChI is InChI=1S/C7H16O4Si/c1-5-11-6-7-12(8-2,9-3)10-4/h6-7H,5H2,1-4H3. The van der Waals surface area contributed by atoms with Gasteiger partial charge in [0.2, 0.25) is 0 Å². The first-order valence-electron chi connectivity index (χ1n) is 3.69. The highest BCUT2D eigenvalue weighted by Crippen LogP contribution is 2.07. The van der Waals surface area contributed by atoms with E-state index in [1.165, 1.54) is 0 Å². The van der Waals surface area contributed by atoms with E-state index in [2.05, 4.69) is 0 Å². The van der Waals surface area contributed by atoms with Crippen LogP contribution in [0.3, 0.4) is 0 Å². The second-order valence-electron chi connectivity index (χ2n) is 1.97. The molecule has 0 heterocycles. The minimum Gasteiger partial charge on any atom is -0.502 e. The summed E-state index contributed by atoms with van der Waals surface area (Å²) in [7, 11) is 2.09. The van der Waals surface area contributed by atoms with Gasteiger partial charge in [0, 0.05) is 27.0 Å². The molecule has 0 aliphatic heterocycles. The van der Waals surface area contributed by atoms with Crippen LogP contribution in [-0.2, 0) is 18.0 Å². The zero-order chi connectivity index (χ0) is 9.45. The summed E-state index contributed by atoms with van der Waals surface area (Å²) >= 11 is 0. The fourth-order valence-electron chi connectivity index (χ4n) is 0.682. The highest BCUT2D eigenvalue weighted by Gasteiger charge is 2.34. The van der Waals surface area contributed by atoms with E-state index in [0.29, 0.717) is 6.61 Å². The lowest BCUT2D eigenvalue weighted by Gasteiger charge is -2.19. The third kappa shape index (κ3) is 3.36. The molecule has 5 heteroatoms. The van der Waals surface area contributed by atoms with Gasteiger partial charge in [-0.05, 0) is 6.92 Å². The van der Waals surface area contributed by atoms with Gasteiger partial charge in [0.25, 0.3) is 0 Å². The summed E-state index contributed by atoms with van der Waals surface area (Å²) in [6.07, 6.45) is 1.54. The van der Waals surface area contributed by atoms with E-state index in [1.54, 1.807) is 33.3 Å². The zero-order valence-corrected chi connectivity index (χ0v) is 8.99. The highest BCUT2D eigenvalue weighted by atomic mass is 28.4. The van der Waals surface area contributed by atoms with Crippen molar-refractivity contribution in [2.24, 2.45) is 0 Å². The first-order chi connectivity index (χ1) is 5.74. The van der Waals surface area contributed by atoms with Crippen LogP contribution in [-0.4, -0.2) is 36.7 Å². The Labute approximate surface area is 74.4 Å². The van der Waals surface area contributed by atoms with Gasteiger partial charge >= 0.3 is 8.80 Å². The van der Waals surface area contributed by atoms with Crippen LogP contribution in [0.1, 0.15) is 6.92 Å². The first-order valence-corrected chi connectivity index (χ1v) is 5.49. The molecule has 0 rings (SSSR count). The number of hydrogen-bond acceptors (Lipinski definition) is 4. The average Bonchev–Trinajstić information content (AvgIpc) is 2.14. The SMILES string of the molecule is CCOC=C[Si](OC)(OC)OC. The minimum absolute atomic E-state index is 0.623. The largest absolute Gasteiger partial charge is 0.531 e. The molecular weight excluding hydrogens is 176 g/mol. The third-order valence-corrected chi connectivity index (χ3v) is 3.64. The lowest BCUT2D eigenvalue weighted by atomic mass is 10.9. The number of hydrogen-bond donors (Lipinski definition) is 0. The van der Waals surface area contributed by atoms with E-state index in [1.807, 2.05) is 6.92 Å². The molecular formula is C7H16O4Si. The van der Waals surface area contributed by atoms with Crippen LogP contribution in [0.2, 0.25) is 0 Å². The summed E-state index contributed by atoms with van der Waals surface area (Å²) in [5.74, 6) is 0. The lowest BCUT2D eigenvalue weighted by Crippen LogP contribution is -2.40. The molecule has 0 aliphatic rings. The first kappa shape index (κ1) is 11.6. The molecule has 0 saturated carbocycles. The van der Waals surface area contributed by atoms with Crippen molar-refractivity contribution >= 4 is 8.80 Å². The van der Waals surface area contributed by atoms with Gasteiger partial charge in [-0.3, -0.25) is 0 Å². The Balaban J connectivity index is 4.09. The van der Waals surface area contributed by atoms with Crippen LogP contribution in [0, 0.1) is 0 Å². The van der Waals surface area contributed by atoms with Crippen molar-refractivity contribution < 1.29 is 18.0 Å². The van der Waals surface area contributed by atoms with Gasteiger partial charge in [0.1, 0.15) is 0 Å². The van der Waals surface area contributed by atoms with E-state index in [-0.39, 0.29) is 0 Å². The molecule has 72 valence electrons. The molecule has 0 amide bonds. The Morgan fingerprint density at radius 3 is 1.92 bits per heavy atom. The Hall–Kier alpha value is -0.363. The van der Waals surface area contributed by atoms with Gasteiger partial charge < -0.3 is 18.0 Å². The lowest BCUT2D eigenvalue weighted by molar-refractivity contribution is 0.137. The van der Waals surface area contributed by atoms with Crippen molar-refractivity contribution in [3.63, 3.8) is 0 Å². The molecule has 0 bridgehead atoms. The van der Waals surface area contributed by atoms with Crippen LogP contribution in [0.15, 0.2) is 12.0 Å². The van der Waals surface area contributed by atoms with Crippen molar-refractivity contribution in [3.05, 3.63) is 12.0 Å². The summed E-state index contributed by atoms with van der Waals surface area (Å²) in [5, 5.41) is 0. The van der Waals surface area contributed by atoms with E-state index in [0.717, 1.165) is 0 Å². The summed E-state index contributed by atoms with van der Waals surface area (Å²) in [6, 6.07) is 0. The molecule has 0 aromatic carbocycles. The maximum absolute atomic E-state index is 5.11. The second kappa shape index (κ2) is 6.19. The van der Waals surface area contributed by atoms with Crippen LogP contribution in [0.4, 0.5) is 0 Å². The normalized spacial score (nSPS) is 12.3. The molecule has 0 aromatic heterocycles. The summed E-state index contributed by atoms with van der Waals surface area (Å²) < 4.78 is 20.3. The fourth-order valence-corrected chi connectivity index (χ4v) is 1.85. The molecule has 0 fully saturated rings. The Kier molecular flexibility index (Phi) is 6.00. The monoisotopic (exact) mass is 192 g/mol. The van der Waals surface area contributed by atoms with Gasteiger partial charge in [-0.25, -0.2) is 0 Å². The molecule has 4 nitrogen and oxygen atoms in total. The van der Waals surface area contributed by atoms with Gasteiger partial charge in [0.15, 0.2) is 0 Å². The van der Waals surface area contributed by atoms with Gasteiger partial charge in [0.05, 0.1) is 12.9 Å². The van der Waals surface area contributed by atoms with Gasteiger partial charge in [-0.2, -0.15) is 0 Å². The van der Waals surface area contributed by atoms with Crippen LogP contribution in [0.25, 0.3) is 0 Å². The van der Waals surface area contributed by atoms with E-state index in [9.17, 15) is 0 Å². The van der Waals surface area contributed by atoms with Crippen LogP contribution < -0.4 is 0 Å². The van der Waals surface area contributed by atoms with E-state index >= 15 is 0 Å². The maximum Gasteiger partial charge on any atom is 0.531 e. The molecule has 0 saturated heterocycles. The molecule has 0 spiro atoms. The highest BCUT2D eigenvalue weighted by molar-refractivity contribution is 6.66. The molecule has 0 aliphatic carbocycles. The van der Waals surface area contributed by atoms with E-state index in [4.69, 9.17) is 18.0 Å². The van der Waals surface area contributed by atoms with Crippen molar-refractivity contribution in [1.29, 1.82) is 0 Å².